The van der Waals surface area contributed by atoms with Gasteiger partial charge in [-0.05, 0) is 63.7 Å². The number of tetrazole rings is 2. The van der Waals surface area contributed by atoms with Crippen molar-refractivity contribution in [2.24, 2.45) is 9.98 Å². The fraction of sp³-hybridized carbons (Fsp3) is 0.115. The summed E-state index contributed by atoms with van der Waals surface area (Å²) in [5, 5.41) is 35.6. The smallest absolute Gasteiger partial charge is 0.326 e. The van der Waals surface area contributed by atoms with Gasteiger partial charge in [-0.1, -0.05) is 19.1 Å². The number of carboxylic acids is 1. The zero-order valence-corrected chi connectivity index (χ0v) is 24.1. The summed E-state index contributed by atoms with van der Waals surface area (Å²) in [6, 6.07) is 18.3. The number of carboxylic acid groups (broad SMARTS) is 1. The summed E-state index contributed by atoms with van der Waals surface area (Å²) < 4.78 is 14.4. The van der Waals surface area contributed by atoms with Gasteiger partial charge in [0.1, 0.15) is 17.5 Å². The van der Waals surface area contributed by atoms with Gasteiger partial charge in [0, 0.05) is 23.9 Å². The number of aromatic nitrogens is 8. The van der Waals surface area contributed by atoms with Gasteiger partial charge < -0.3 is 19.9 Å². The predicted octanol–water partition coefficient (Wildman–Crippen LogP) is 3.97. The summed E-state index contributed by atoms with van der Waals surface area (Å²) in [5.41, 5.74) is 2.95. The molecule has 2 heterocycles. The maximum atomic E-state index is 11.6. The second-order valence-corrected chi connectivity index (χ2v) is 9.46. The average Bonchev–Trinajstić information content (AvgIpc) is 3.64. The molecular formula is C26H23N11O4S2. The van der Waals surface area contributed by atoms with Crippen LogP contribution < -0.4 is 14.8 Å². The molecule has 2 aromatic heterocycles. The first kappa shape index (κ1) is 29.2. The zero-order valence-electron chi connectivity index (χ0n) is 22.3. The topological polar surface area (TPSA) is 180 Å². The molecule has 3 aromatic carbocycles. The van der Waals surface area contributed by atoms with Gasteiger partial charge in [-0.25, -0.2) is 14.8 Å². The van der Waals surface area contributed by atoms with Crippen LogP contribution in [-0.2, 0) is 4.79 Å². The average molecular weight is 618 g/mol. The quantitative estimate of drug-likeness (QED) is 0.0904. The SMILES string of the molecule is CCC(Nc1cc(OC=Nc2cccc(-n3nnnc3S)c2)cc(OC=Nc2cccc(-n3nnnc3S)c2)c1)C(=O)O. The molecule has 17 heteroatoms. The summed E-state index contributed by atoms with van der Waals surface area (Å²) in [5.74, 6) is -0.305. The van der Waals surface area contributed by atoms with Crippen LogP contribution in [0.25, 0.3) is 11.4 Å². The van der Waals surface area contributed by atoms with Crippen molar-refractivity contribution >= 4 is 61.1 Å². The minimum absolute atomic E-state index is 0.330. The lowest BCUT2D eigenvalue weighted by atomic mass is 10.2. The normalized spacial score (nSPS) is 12.1. The van der Waals surface area contributed by atoms with E-state index in [2.05, 4.69) is 71.6 Å². The molecule has 0 bridgehead atoms. The fourth-order valence-corrected chi connectivity index (χ4v) is 4.13. The number of benzene rings is 3. The van der Waals surface area contributed by atoms with Crippen LogP contribution in [0.4, 0.5) is 17.1 Å². The molecule has 5 rings (SSSR count). The molecule has 0 radical (unpaired) electrons. The van der Waals surface area contributed by atoms with Crippen LogP contribution in [0.3, 0.4) is 0 Å². The van der Waals surface area contributed by atoms with Crippen molar-refractivity contribution in [1.82, 2.24) is 40.4 Å². The molecule has 1 unspecified atom stereocenters. The molecule has 0 aliphatic heterocycles. The van der Waals surface area contributed by atoms with Gasteiger partial charge in [0.25, 0.3) is 0 Å². The lowest BCUT2D eigenvalue weighted by Crippen LogP contribution is -2.28. The second-order valence-electron chi connectivity index (χ2n) is 8.66. The van der Waals surface area contributed by atoms with Gasteiger partial charge in [0.15, 0.2) is 12.8 Å². The molecule has 0 saturated heterocycles. The van der Waals surface area contributed by atoms with E-state index in [-0.39, 0.29) is 0 Å². The van der Waals surface area contributed by atoms with Crippen molar-refractivity contribution in [3.05, 3.63) is 66.7 Å². The molecule has 15 nitrogen and oxygen atoms in total. The fourth-order valence-electron chi connectivity index (χ4n) is 3.74. The monoisotopic (exact) mass is 617 g/mol. The molecule has 1 atom stereocenters. The van der Waals surface area contributed by atoms with Crippen LogP contribution in [-0.4, -0.2) is 70.3 Å². The van der Waals surface area contributed by atoms with Crippen LogP contribution in [0.2, 0.25) is 0 Å². The van der Waals surface area contributed by atoms with Crippen molar-refractivity contribution in [3.8, 4) is 22.9 Å². The Morgan fingerprint density at radius 2 is 1.40 bits per heavy atom. The van der Waals surface area contributed by atoms with Crippen molar-refractivity contribution in [3.63, 3.8) is 0 Å². The molecule has 2 N–H and O–H groups in total. The first-order valence-electron chi connectivity index (χ1n) is 12.6. The van der Waals surface area contributed by atoms with Crippen molar-refractivity contribution in [2.75, 3.05) is 5.32 Å². The van der Waals surface area contributed by atoms with Gasteiger partial charge in [0.05, 0.1) is 22.7 Å². The number of nitrogens with one attached hydrogen (secondary N) is 1. The molecule has 218 valence electrons. The molecular weight excluding hydrogens is 594 g/mol. The number of aliphatic imine (C=N–C) groups is 2. The number of anilines is 1. The standard InChI is InChI=1S/C26H23N11O4S2/c1-2-23(24(38)39)29-18-11-21(40-14-27-16-5-3-7-19(9-16)36-25(42)30-32-34-36)13-22(12-18)41-15-28-17-6-4-8-20(10-17)37-26(43)31-33-35-37/h3-15,23,29H,2H2,1H3,(H,38,39)(H,30,34,42)(H,31,35,43). The highest BCUT2D eigenvalue weighted by Gasteiger charge is 2.15. The molecule has 0 aliphatic carbocycles. The number of aliphatic carboxylic acids is 1. The highest BCUT2D eigenvalue weighted by molar-refractivity contribution is 7.80. The Bertz CT molecular complexity index is 1680. The number of hydrogen-bond donors (Lipinski definition) is 4. The van der Waals surface area contributed by atoms with Gasteiger partial charge in [0.2, 0.25) is 10.3 Å². The Labute approximate surface area is 255 Å². The van der Waals surface area contributed by atoms with E-state index in [1.54, 1.807) is 61.5 Å². The van der Waals surface area contributed by atoms with Crippen LogP contribution in [0, 0.1) is 0 Å². The van der Waals surface area contributed by atoms with E-state index in [0.717, 1.165) is 0 Å². The molecule has 43 heavy (non-hydrogen) atoms. The minimum atomic E-state index is -0.988. The molecule has 0 spiro atoms. The maximum Gasteiger partial charge on any atom is 0.326 e. The Morgan fingerprint density at radius 3 is 1.81 bits per heavy atom. The lowest BCUT2D eigenvalue weighted by Gasteiger charge is -2.15. The van der Waals surface area contributed by atoms with Crippen molar-refractivity contribution in [2.45, 2.75) is 29.7 Å². The zero-order chi connectivity index (χ0) is 30.2. The number of hydrogen-bond acceptors (Lipinski definition) is 14. The lowest BCUT2D eigenvalue weighted by molar-refractivity contribution is -0.137. The predicted molar refractivity (Wildman–Crippen MR) is 162 cm³/mol. The van der Waals surface area contributed by atoms with E-state index >= 15 is 0 Å². The molecule has 0 amide bonds. The van der Waals surface area contributed by atoms with Gasteiger partial charge >= 0.3 is 5.97 Å². The molecule has 5 aromatic rings. The number of ether oxygens (including phenoxy) is 2. The summed E-state index contributed by atoms with van der Waals surface area (Å²) in [7, 11) is 0. The highest BCUT2D eigenvalue weighted by Crippen LogP contribution is 2.27. The van der Waals surface area contributed by atoms with Gasteiger partial charge in [-0.15, -0.1) is 35.5 Å². The van der Waals surface area contributed by atoms with E-state index in [0.29, 0.717) is 56.7 Å². The summed E-state index contributed by atoms with van der Waals surface area (Å²) in [6.07, 6.45) is 2.87. The largest absolute Gasteiger partial charge is 0.480 e. The van der Waals surface area contributed by atoms with Gasteiger partial charge in [-0.3, -0.25) is 0 Å². The summed E-state index contributed by atoms with van der Waals surface area (Å²) in [6.45, 7) is 1.77. The van der Waals surface area contributed by atoms with E-state index < -0.39 is 12.0 Å². The van der Waals surface area contributed by atoms with Crippen LogP contribution in [0.15, 0.2) is 87.0 Å². The third kappa shape index (κ3) is 7.52. The van der Waals surface area contributed by atoms with Crippen LogP contribution in [0.1, 0.15) is 13.3 Å². The Hall–Kier alpha value is -5.29. The van der Waals surface area contributed by atoms with E-state index in [9.17, 15) is 9.90 Å². The Morgan fingerprint density at radius 1 is 0.884 bits per heavy atom. The maximum absolute atomic E-state index is 11.6. The first-order chi connectivity index (χ1) is 20.9. The molecule has 0 aliphatic rings. The van der Waals surface area contributed by atoms with E-state index in [1.807, 2.05) is 12.1 Å². The van der Waals surface area contributed by atoms with Crippen molar-refractivity contribution < 1.29 is 19.4 Å². The van der Waals surface area contributed by atoms with E-state index in [1.165, 1.54) is 22.2 Å². The van der Waals surface area contributed by atoms with Gasteiger partial charge in [-0.2, -0.15) is 9.36 Å². The summed E-state index contributed by atoms with van der Waals surface area (Å²) in [4.78, 5) is 20.3. The van der Waals surface area contributed by atoms with Crippen LogP contribution in [0.5, 0.6) is 11.5 Å². The van der Waals surface area contributed by atoms with E-state index in [4.69, 9.17) is 9.47 Å². The summed E-state index contributed by atoms with van der Waals surface area (Å²) >= 11 is 8.46. The van der Waals surface area contributed by atoms with Crippen LogP contribution >= 0.6 is 25.3 Å². The Kier molecular flexibility index (Phi) is 9.23. The molecule has 0 saturated carbocycles. The minimum Gasteiger partial charge on any atom is -0.480 e. The highest BCUT2D eigenvalue weighted by atomic mass is 32.1. The first-order valence-corrected chi connectivity index (χ1v) is 13.5. The number of rotatable bonds is 12. The molecule has 0 fully saturated rings. The second kappa shape index (κ2) is 13.6. The number of carbonyl (C=O) groups is 1. The van der Waals surface area contributed by atoms with Crippen molar-refractivity contribution in [1.29, 1.82) is 0 Å². The third-order valence-electron chi connectivity index (χ3n) is 5.76. The number of thiol groups is 2. The number of nitrogens with zero attached hydrogens (tertiary/aromatic N) is 10. The third-order valence-corrected chi connectivity index (χ3v) is 6.32. The Balaban J connectivity index is 1.34.